The van der Waals surface area contributed by atoms with Gasteiger partial charge >= 0.3 is 0 Å². The Morgan fingerprint density at radius 1 is 1.29 bits per heavy atom. The van der Waals surface area contributed by atoms with Crippen molar-refractivity contribution in [1.82, 2.24) is 9.88 Å². The first-order valence-corrected chi connectivity index (χ1v) is 6.93. The number of anilines is 1. The van der Waals surface area contributed by atoms with E-state index in [2.05, 4.69) is 4.98 Å². The molecule has 0 spiro atoms. The molecule has 108 valence electrons. The first-order valence-electron chi connectivity index (χ1n) is 6.93. The molecule has 1 aromatic heterocycles. The van der Waals surface area contributed by atoms with E-state index in [1.807, 2.05) is 12.1 Å². The predicted molar refractivity (Wildman–Crippen MR) is 78.1 cm³/mol. The fourth-order valence-corrected chi connectivity index (χ4v) is 2.83. The third-order valence-electron chi connectivity index (χ3n) is 3.85. The minimum absolute atomic E-state index is 0.0324. The van der Waals surface area contributed by atoms with Crippen LogP contribution in [0.1, 0.15) is 34.8 Å². The van der Waals surface area contributed by atoms with Gasteiger partial charge in [0.15, 0.2) is 0 Å². The number of likely N-dealkylation sites (tertiary alicyclic amines) is 1. The van der Waals surface area contributed by atoms with E-state index in [1.54, 1.807) is 17.3 Å². The van der Waals surface area contributed by atoms with Crippen LogP contribution < -0.4 is 5.73 Å². The summed E-state index contributed by atoms with van der Waals surface area (Å²) in [5.74, 6) is -0.581. The number of benzene rings is 1. The molecule has 1 aromatic carbocycles. The average molecular weight is 285 g/mol. The summed E-state index contributed by atoms with van der Waals surface area (Å²) in [6, 6.07) is 7.78. The zero-order chi connectivity index (χ0) is 14.8. The number of rotatable bonds is 2. The van der Waals surface area contributed by atoms with Gasteiger partial charge in [0.25, 0.3) is 5.91 Å². The standard InChI is InChI=1S/C16H16FN3O/c17-12-3-4-13(14(18)10-12)16(21)20-9-1-2-15(20)11-5-7-19-8-6-11/h3-8,10,15H,1-2,9,18H2. The van der Waals surface area contributed by atoms with Gasteiger partial charge in [-0.05, 0) is 48.7 Å². The van der Waals surface area contributed by atoms with Crippen molar-refractivity contribution in [3.63, 3.8) is 0 Å². The van der Waals surface area contributed by atoms with Crippen LogP contribution in [0.3, 0.4) is 0 Å². The molecule has 4 nitrogen and oxygen atoms in total. The minimum atomic E-state index is -0.434. The zero-order valence-corrected chi connectivity index (χ0v) is 11.5. The largest absolute Gasteiger partial charge is 0.398 e. The number of halogens is 1. The fourth-order valence-electron chi connectivity index (χ4n) is 2.83. The summed E-state index contributed by atoms with van der Waals surface area (Å²) in [6.07, 6.45) is 5.31. The Balaban J connectivity index is 1.90. The topological polar surface area (TPSA) is 59.2 Å². The van der Waals surface area contributed by atoms with E-state index in [-0.39, 0.29) is 17.6 Å². The molecule has 1 unspecified atom stereocenters. The van der Waals surface area contributed by atoms with Gasteiger partial charge in [0.1, 0.15) is 5.82 Å². The van der Waals surface area contributed by atoms with E-state index in [0.717, 1.165) is 18.4 Å². The number of carbonyl (C=O) groups excluding carboxylic acids is 1. The van der Waals surface area contributed by atoms with E-state index in [1.165, 1.54) is 18.2 Å². The van der Waals surface area contributed by atoms with E-state index in [0.29, 0.717) is 12.1 Å². The molecule has 0 radical (unpaired) electrons. The molecule has 2 N–H and O–H groups in total. The quantitative estimate of drug-likeness (QED) is 0.863. The maximum absolute atomic E-state index is 13.1. The summed E-state index contributed by atoms with van der Waals surface area (Å²) < 4.78 is 13.1. The number of aromatic nitrogens is 1. The maximum Gasteiger partial charge on any atom is 0.256 e. The van der Waals surface area contributed by atoms with Gasteiger partial charge in [-0.25, -0.2) is 4.39 Å². The molecule has 0 saturated carbocycles. The van der Waals surface area contributed by atoms with E-state index in [9.17, 15) is 9.18 Å². The molecule has 1 saturated heterocycles. The SMILES string of the molecule is Nc1cc(F)ccc1C(=O)N1CCCC1c1ccncc1. The first-order chi connectivity index (χ1) is 10.2. The van der Waals surface area contributed by atoms with Crippen molar-refractivity contribution in [2.45, 2.75) is 18.9 Å². The van der Waals surface area contributed by atoms with Crippen molar-refractivity contribution < 1.29 is 9.18 Å². The summed E-state index contributed by atoms with van der Waals surface area (Å²) in [5.41, 5.74) is 7.38. The molecule has 0 bridgehead atoms. The second-order valence-electron chi connectivity index (χ2n) is 5.17. The first kappa shape index (κ1) is 13.5. The number of pyridine rings is 1. The molecular formula is C16H16FN3O. The molecule has 5 heteroatoms. The Kier molecular flexibility index (Phi) is 3.56. The van der Waals surface area contributed by atoms with Crippen molar-refractivity contribution in [1.29, 1.82) is 0 Å². The molecule has 2 heterocycles. The van der Waals surface area contributed by atoms with E-state index < -0.39 is 5.82 Å². The lowest BCUT2D eigenvalue weighted by Gasteiger charge is -2.25. The van der Waals surface area contributed by atoms with Gasteiger partial charge in [-0.2, -0.15) is 0 Å². The molecular weight excluding hydrogens is 269 g/mol. The third-order valence-corrected chi connectivity index (χ3v) is 3.85. The van der Waals surface area contributed by atoms with Crippen LogP contribution >= 0.6 is 0 Å². The van der Waals surface area contributed by atoms with Gasteiger partial charge in [-0.3, -0.25) is 9.78 Å². The van der Waals surface area contributed by atoms with Crippen molar-refractivity contribution in [3.05, 3.63) is 59.7 Å². The van der Waals surface area contributed by atoms with Crippen LogP contribution in [-0.4, -0.2) is 22.3 Å². The number of hydrogen-bond acceptors (Lipinski definition) is 3. The summed E-state index contributed by atoms with van der Waals surface area (Å²) in [4.78, 5) is 18.5. The van der Waals surface area contributed by atoms with Gasteiger partial charge in [-0.15, -0.1) is 0 Å². The van der Waals surface area contributed by atoms with Crippen LogP contribution in [0, 0.1) is 5.82 Å². The van der Waals surface area contributed by atoms with Crippen LogP contribution in [0.15, 0.2) is 42.7 Å². The highest BCUT2D eigenvalue weighted by Crippen LogP contribution is 2.33. The predicted octanol–water partition coefficient (Wildman–Crippen LogP) is 2.78. The Morgan fingerprint density at radius 2 is 2.05 bits per heavy atom. The van der Waals surface area contributed by atoms with Gasteiger partial charge in [0, 0.05) is 24.6 Å². The van der Waals surface area contributed by atoms with E-state index in [4.69, 9.17) is 5.73 Å². The van der Waals surface area contributed by atoms with Gasteiger partial charge < -0.3 is 10.6 Å². The van der Waals surface area contributed by atoms with Crippen LogP contribution in [0.25, 0.3) is 0 Å². The molecule has 1 atom stereocenters. The van der Waals surface area contributed by atoms with Crippen LogP contribution in [0.2, 0.25) is 0 Å². The van der Waals surface area contributed by atoms with Crippen LogP contribution in [0.4, 0.5) is 10.1 Å². The number of amides is 1. The minimum Gasteiger partial charge on any atom is -0.398 e. The second-order valence-corrected chi connectivity index (χ2v) is 5.17. The molecule has 21 heavy (non-hydrogen) atoms. The molecule has 3 rings (SSSR count). The Labute approximate surface area is 122 Å². The summed E-state index contributed by atoms with van der Waals surface area (Å²) in [5, 5.41) is 0. The number of carbonyl (C=O) groups is 1. The molecule has 1 fully saturated rings. The highest BCUT2D eigenvalue weighted by atomic mass is 19.1. The van der Waals surface area contributed by atoms with Crippen molar-refractivity contribution in [3.8, 4) is 0 Å². The highest BCUT2D eigenvalue weighted by Gasteiger charge is 2.31. The summed E-state index contributed by atoms with van der Waals surface area (Å²) >= 11 is 0. The van der Waals surface area contributed by atoms with Gasteiger partial charge in [0.2, 0.25) is 0 Å². The average Bonchev–Trinajstić information content (AvgIpc) is 2.97. The number of nitrogen functional groups attached to an aromatic ring is 1. The Bertz CT molecular complexity index is 660. The summed E-state index contributed by atoms with van der Waals surface area (Å²) in [6.45, 7) is 0.683. The third kappa shape index (κ3) is 2.59. The lowest BCUT2D eigenvalue weighted by Crippen LogP contribution is -2.31. The number of hydrogen-bond donors (Lipinski definition) is 1. The van der Waals surface area contributed by atoms with Crippen LogP contribution in [0.5, 0.6) is 0 Å². The normalized spacial score (nSPS) is 18.0. The molecule has 1 amide bonds. The summed E-state index contributed by atoms with van der Waals surface area (Å²) in [7, 11) is 0. The van der Waals surface area contributed by atoms with E-state index >= 15 is 0 Å². The van der Waals surface area contributed by atoms with Crippen molar-refractivity contribution >= 4 is 11.6 Å². The molecule has 1 aliphatic rings. The molecule has 1 aliphatic heterocycles. The Morgan fingerprint density at radius 3 is 2.76 bits per heavy atom. The Hall–Kier alpha value is -2.43. The molecule has 0 aliphatic carbocycles. The zero-order valence-electron chi connectivity index (χ0n) is 11.5. The lowest BCUT2D eigenvalue weighted by molar-refractivity contribution is 0.0736. The second kappa shape index (κ2) is 5.52. The number of nitrogens with two attached hydrogens (primary N) is 1. The monoisotopic (exact) mass is 285 g/mol. The van der Waals surface area contributed by atoms with Gasteiger partial charge in [-0.1, -0.05) is 0 Å². The van der Waals surface area contributed by atoms with Crippen LogP contribution in [-0.2, 0) is 0 Å². The maximum atomic E-state index is 13.1. The number of nitrogens with zero attached hydrogens (tertiary/aromatic N) is 2. The highest BCUT2D eigenvalue weighted by molar-refractivity contribution is 5.99. The lowest BCUT2D eigenvalue weighted by atomic mass is 10.0. The van der Waals surface area contributed by atoms with Crippen molar-refractivity contribution in [2.75, 3.05) is 12.3 Å². The van der Waals surface area contributed by atoms with Gasteiger partial charge in [0.05, 0.1) is 11.6 Å². The fraction of sp³-hybridized carbons (Fsp3) is 0.250. The smallest absolute Gasteiger partial charge is 0.256 e. The molecule has 2 aromatic rings. The van der Waals surface area contributed by atoms with Crippen molar-refractivity contribution in [2.24, 2.45) is 0 Å².